The van der Waals surface area contributed by atoms with Crippen molar-refractivity contribution in [3.63, 3.8) is 0 Å². The molecule has 0 bridgehead atoms. The Hall–Kier alpha value is -3.49. The van der Waals surface area contributed by atoms with E-state index in [0.717, 1.165) is 16.3 Å². The van der Waals surface area contributed by atoms with Crippen molar-refractivity contribution >= 4 is 42.3 Å². The van der Waals surface area contributed by atoms with E-state index in [4.69, 9.17) is 5.73 Å². The van der Waals surface area contributed by atoms with Gasteiger partial charge in [-0.15, -0.1) is 0 Å². The Kier molecular flexibility index (Phi) is 7.52. The largest absolute Gasteiger partial charge is 0.402 e. The Balaban J connectivity index is 2.07. The van der Waals surface area contributed by atoms with Gasteiger partial charge in [0.2, 0.25) is 5.78 Å². The predicted molar refractivity (Wildman–Crippen MR) is 151 cm³/mol. The molecule has 0 saturated carbocycles. The molecule has 1 heterocycles. The summed E-state index contributed by atoms with van der Waals surface area (Å²) in [7, 11) is -3.37. The molecule has 0 saturated heterocycles. The number of fused-ring (bicyclic) bond motifs is 1. The van der Waals surface area contributed by atoms with Crippen molar-refractivity contribution in [2.45, 2.75) is 25.3 Å². The molecule has 0 aliphatic heterocycles. The molecule has 37 heavy (non-hydrogen) atoms. The van der Waals surface area contributed by atoms with Crippen molar-refractivity contribution in [2.24, 2.45) is 11.7 Å². The number of nitrogens with two attached hydrogens (primary N) is 1. The van der Waals surface area contributed by atoms with Gasteiger partial charge in [0.15, 0.2) is 9.84 Å². The van der Waals surface area contributed by atoms with E-state index in [0.29, 0.717) is 27.6 Å². The highest BCUT2D eigenvalue weighted by atomic mass is 79.9. The van der Waals surface area contributed by atoms with Gasteiger partial charge in [-0.1, -0.05) is 72.2 Å². The van der Waals surface area contributed by atoms with Crippen LogP contribution in [0, 0.1) is 5.92 Å². The zero-order valence-corrected chi connectivity index (χ0v) is 23.1. The average molecular weight is 580 g/mol. The molecule has 0 aliphatic carbocycles. The third kappa shape index (κ3) is 5.60. The van der Waals surface area contributed by atoms with Crippen LogP contribution in [0.25, 0.3) is 21.9 Å². The molecule has 0 spiro atoms. The van der Waals surface area contributed by atoms with Gasteiger partial charge in [0.05, 0.1) is 11.4 Å². The average Bonchev–Trinajstić information content (AvgIpc) is 2.85. The highest BCUT2D eigenvalue weighted by Crippen LogP contribution is 2.33. The van der Waals surface area contributed by atoms with Crippen molar-refractivity contribution in [3.8, 4) is 11.1 Å². The van der Waals surface area contributed by atoms with Crippen LogP contribution in [0.5, 0.6) is 0 Å². The molecule has 0 atom stereocenters. The fourth-order valence-corrected chi connectivity index (χ4v) is 5.13. The van der Waals surface area contributed by atoms with Crippen molar-refractivity contribution in [1.82, 2.24) is 4.57 Å². The molecule has 0 fully saturated rings. The first-order chi connectivity index (χ1) is 17.5. The first-order valence-corrected chi connectivity index (χ1v) is 14.4. The van der Waals surface area contributed by atoms with E-state index in [1.54, 1.807) is 24.3 Å². The molecular weight excluding hydrogens is 552 g/mol. The van der Waals surface area contributed by atoms with E-state index < -0.39 is 9.84 Å². The number of ketones is 1. The molecule has 4 rings (SSSR count). The van der Waals surface area contributed by atoms with Gasteiger partial charge in [-0.3, -0.25) is 14.2 Å². The summed E-state index contributed by atoms with van der Waals surface area (Å²) in [6.45, 7) is 3.86. The quantitative estimate of drug-likeness (QED) is 0.228. The first kappa shape index (κ1) is 26.6. The third-order valence-electron chi connectivity index (χ3n) is 6.19. The summed E-state index contributed by atoms with van der Waals surface area (Å²) in [4.78, 5) is 27.9. The molecule has 190 valence electrons. The number of carbonyl (C=O) groups excluding carboxylic acids is 1. The Morgan fingerprint density at radius 2 is 1.65 bits per heavy atom. The Morgan fingerprint density at radius 1 is 1.00 bits per heavy atom. The number of rotatable bonds is 7. The first-order valence-electron chi connectivity index (χ1n) is 11.7. The van der Waals surface area contributed by atoms with Crippen molar-refractivity contribution < 1.29 is 13.2 Å². The molecular formula is C29H27BrN2O4S. The normalized spacial score (nSPS) is 12.3. The summed E-state index contributed by atoms with van der Waals surface area (Å²) in [6.07, 6.45) is 2.53. The molecule has 2 N–H and O–H groups in total. The van der Waals surface area contributed by atoms with E-state index in [1.807, 2.05) is 50.2 Å². The Labute approximate surface area is 224 Å². The lowest BCUT2D eigenvalue weighted by Gasteiger charge is -2.19. The second-order valence-electron chi connectivity index (χ2n) is 9.25. The molecule has 8 heteroatoms. The molecule has 0 aliphatic rings. The van der Waals surface area contributed by atoms with Crippen LogP contribution in [-0.4, -0.2) is 25.0 Å². The van der Waals surface area contributed by atoms with Crippen LogP contribution in [0.15, 0.2) is 98.7 Å². The lowest BCUT2D eigenvalue weighted by molar-refractivity contribution is 0.103. The van der Waals surface area contributed by atoms with Gasteiger partial charge in [-0.2, -0.15) is 0 Å². The maximum Gasteiger partial charge on any atom is 0.259 e. The second-order valence-corrected chi connectivity index (χ2v) is 12.2. The van der Waals surface area contributed by atoms with Gasteiger partial charge >= 0.3 is 0 Å². The molecule has 6 nitrogen and oxygen atoms in total. The van der Waals surface area contributed by atoms with E-state index in [-0.39, 0.29) is 34.4 Å². The summed E-state index contributed by atoms with van der Waals surface area (Å²) in [5, 5.41) is 1.11. The van der Waals surface area contributed by atoms with E-state index in [1.165, 1.54) is 22.8 Å². The van der Waals surface area contributed by atoms with E-state index in [2.05, 4.69) is 15.9 Å². The number of nitrogens with zero attached hydrogens (tertiary/aromatic N) is 1. The van der Waals surface area contributed by atoms with Crippen LogP contribution in [-0.2, 0) is 16.4 Å². The zero-order chi connectivity index (χ0) is 26.9. The Bertz CT molecular complexity index is 1690. The van der Waals surface area contributed by atoms with Crippen LogP contribution < -0.4 is 11.3 Å². The standard InChI is InChI=1S/C29H27BrN2O4S/c1-18(2)25(31)16-26(33)28-27(20-7-5-4-6-8-20)24-15-21(30)11-14-23(24)29(34)32(28)17-19-9-12-22(13-10-19)37(3,35)36/h4-16,18H,17,31H2,1-3H3/b25-16+. The van der Waals surface area contributed by atoms with Crippen molar-refractivity contribution in [2.75, 3.05) is 6.26 Å². The smallest absolute Gasteiger partial charge is 0.259 e. The number of halogens is 1. The summed E-state index contributed by atoms with van der Waals surface area (Å²) in [6, 6.07) is 21.1. The summed E-state index contributed by atoms with van der Waals surface area (Å²) < 4.78 is 26.1. The number of carbonyl (C=O) groups is 1. The minimum absolute atomic E-state index is 0.0533. The van der Waals surface area contributed by atoms with Crippen LogP contribution in [0.3, 0.4) is 0 Å². The number of benzene rings is 3. The maximum atomic E-state index is 13.8. The third-order valence-corrected chi connectivity index (χ3v) is 7.81. The monoisotopic (exact) mass is 578 g/mol. The number of allylic oxidation sites excluding steroid dienone is 2. The van der Waals surface area contributed by atoms with Crippen LogP contribution in [0.4, 0.5) is 0 Å². The molecule has 4 aromatic rings. The van der Waals surface area contributed by atoms with Gasteiger partial charge < -0.3 is 5.73 Å². The fourth-order valence-electron chi connectivity index (χ4n) is 4.13. The van der Waals surface area contributed by atoms with Gasteiger partial charge in [-0.25, -0.2) is 8.42 Å². The van der Waals surface area contributed by atoms with E-state index >= 15 is 0 Å². The predicted octanol–water partition coefficient (Wildman–Crippen LogP) is 5.56. The van der Waals surface area contributed by atoms with Gasteiger partial charge in [0, 0.05) is 33.5 Å². The van der Waals surface area contributed by atoms with Gasteiger partial charge in [-0.05, 0) is 52.8 Å². The van der Waals surface area contributed by atoms with Crippen LogP contribution in [0.2, 0.25) is 0 Å². The summed E-state index contributed by atoms with van der Waals surface area (Å²) in [5.41, 5.74) is 8.57. The molecule has 0 radical (unpaired) electrons. The van der Waals surface area contributed by atoms with Gasteiger partial charge in [0.25, 0.3) is 5.56 Å². The SMILES string of the molecule is CC(C)/C(N)=C\C(=O)c1c(-c2ccccc2)c2cc(Br)ccc2c(=O)n1Cc1ccc(S(C)(=O)=O)cc1. The number of hydrogen-bond donors (Lipinski definition) is 1. The number of aromatic nitrogens is 1. The molecule has 0 unspecified atom stereocenters. The fraction of sp³-hybridized carbons (Fsp3) is 0.172. The van der Waals surface area contributed by atoms with Crippen LogP contribution in [0.1, 0.15) is 29.9 Å². The Morgan fingerprint density at radius 3 is 2.24 bits per heavy atom. The summed E-state index contributed by atoms with van der Waals surface area (Å²) >= 11 is 3.50. The number of hydrogen-bond acceptors (Lipinski definition) is 5. The summed E-state index contributed by atoms with van der Waals surface area (Å²) in [5.74, 6) is -0.431. The molecule has 1 aromatic heterocycles. The van der Waals surface area contributed by atoms with Crippen LogP contribution >= 0.6 is 15.9 Å². The van der Waals surface area contributed by atoms with E-state index in [9.17, 15) is 18.0 Å². The maximum absolute atomic E-state index is 13.8. The minimum Gasteiger partial charge on any atom is -0.402 e. The molecule has 0 amide bonds. The highest BCUT2D eigenvalue weighted by molar-refractivity contribution is 9.10. The van der Waals surface area contributed by atoms with Crippen molar-refractivity contribution in [3.05, 3.63) is 111 Å². The second kappa shape index (κ2) is 10.5. The zero-order valence-electron chi connectivity index (χ0n) is 20.7. The molecule has 3 aromatic carbocycles. The van der Waals surface area contributed by atoms with Crippen molar-refractivity contribution in [1.29, 1.82) is 0 Å². The number of sulfone groups is 1. The topological polar surface area (TPSA) is 99.2 Å². The number of pyridine rings is 1. The lowest BCUT2D eigenvalue weighted by atomic mass is 9.94. The van der Waals surface area contributed by atoms with Gasteiger partial charge in [0.1, 0.15) is 5.69 Å². The lowest BCUT2D eigenvalue weighted by Crippen LogP contribution is -2.28. The minimum atomic E-state index is -3.37. The highest BCUT2D eigenvalue weighted by Gasteiger charge is 2.23.